The van der Waals surface area contributed by atoms with Crippen molar-refractivity contribution in [1.29, 1.82) is 0 Å². The number of hydrogen-bond donors (Lipinski definition) is 1. The van der Waals surface area contributed by atoms with E-state index in [0.717, 1.165) is 18.8 Å². The van der Waals surface area contributed by atoms with Crippen molar-refractivity contribution >= 4 is 5.91 Å². The highest BCUT2D eigenvalue weighted by molar-refractivity contribution is 5.95. The summed E-state index contributed by atoms with van der Waals surface area (Å²) in [6.45, 7) is 6.50. The Morgan fingerprint density at radius 1 is 1.22 bits per heavy atom. The van der Waals surface area contributed by atoms with Gasteiger partial charge in [0, 0.05) is 6.54 Å². The smallest absolute Gasteiger partial charge is 0.254 e. The average molecular weight is 312 g/mol. The number of rotatable bonds is 5. The third kappa shape index (κ3) is 3.64. The van der Waals surface area contributed by atoms with Gasteiger partial charge in [-0.25, -0.2) is 0 Å². The molecule has 4 nitrogen and oxygen atoms in total. The molecular formula is C19H24N2O2. The fourth-order valence-corrected chi connectivity index (χ4v) is 3.33. The molecule has 1 atom stereocenters. The van der Waals surface area contributed by atoms with Gasteiger partial charge in [0.1, 0.15) is 11.5 Å². The van der Waals surface area contributed by atoms with Gasteiger partial charge in [0.25, 0.3) is 5.91 Å². The fourth-order valence-electron chi connectivity index (χ4n) is 3.33. The lowest BCUT2D eigenvalue weighted by Gasteiger charge is -2.28. The number of nitrogens with zero attached hydrogens (tertiary/aromatic N) is 1. The fraction of sp³-hybridized carbons (Fsp3) is 0.421. The monoisotopic (exact) mass is 312 g/mol. The molecule has 0 radical (unpaired) electrons. The van der Waals surface area contributed by atoms with Crippen LogP contribution in [0.5, 0.6) is 0 Å². The first-order chi connectivity index (χ1) is 11.1. The Hall–Kier alpha value is -2.07. The number of carbonyl (C=O) groups excluding carboxylic acids is 1. The SMILES string of the molecule is Cc1cc(C(=O)NCC(c2ccccc2)N2CCCC2)c(C)o1. The van der Waals surface area contributed by atoms with Crippen LogP contribution >= 0.6 is 0 Å². The Bertz CT molecular complexity index is 657. The van der Waals surface area contributed by atoms with Gasteiger partial charge < -0.3 is 9.73 Å². The van der Waals surface area contributed by atoms with Crippen LogP contribution in [0.2, 0.25) is 0 Å². The van der Waals surface area contributed by atoms with Crippen LogP contribution in [0.25, 0.3) is 0 Å². The maximum atomic E-state index is 12.4. The van der Waals surface area contributed by atoms with Gasteiger partial charge in [0.2, 0.25) is 0 Å². The summed E-state index contributed by atoms with van der Waals surface area (Å²) in [5.74, 6) is 1.39. The molecule has 0 bridgehead atoms. The van der Waals surface area contributed by atoms with E-state index < -0.39 is 0 Å². The van der Waals surface area contributed by atoms with Crippen molar-refractivity contribution in [3.63, 3.8) is 0 Å². The van der Waals surface area contributed by atoms with Crippen LogP contribution < -0.4 is 5.32 Å². The predicted octanol–water partition coefficient (Wildman–Crippen LogP) is 3.46. The number of aryl methyl sites for hydroxylation is 2. The summed E-state index contributed by atoms with van der Waals surface area (Å²) in [5, 5.41) is 3.09. The van der Waals surface area contributed by atoms with Crippen molar-refractivity contribution in [1.82, 2.24) is 10.2 Å². The molecule has 1 amide bonds. The molecule has 1 aromatic carbocycles. The van der Waals surface area contributed by atoms with E-state index in [-0.39, 0.29) is 11.9 Å². The Morgan fingerprint density at radius 2 is 1.91 bits per heavy atom. The minimum absolute atomic E-state index is 0.0560. The van der Waals surface area contributed by atoms with Gasteiger partial charge >= 0.3 is 0 Å². The maximum absolute atomic E-state index is 12.4. The number of likely N-dealkylation sites (tertiary alicyclic amines) is 1. The number of furan rings is 1. The quantitative estimate of drug-likeness (QED) is 0.919. The average Bonchev–Trinajstić information content (AvgIpc) is 3.18. The van der Waals surface area contributed by atoms with Crippen molar-refractivity contribution in [2.24, 2.45) is 0 Å². The molecule has 1 aromatic heterocycles. The molecule has 1 unspecified atom stereocenters. The molecule has 3 rings (SSSR count). The molecule has 2 heterocycles. The molecule has 0 spiro atoms. The van der Waals surface area contributed by atoms with Crippen molar-refractivity contribution in [2.75, 3.05) is 19.6 Å². The lowest BCUT2D eigenvalue weighted by molar-refractivity contribution is 0.0936. The topological polar surface area (TPSA) is 45.5 Å². The molecular weight excluding hydrogens is 288 g/mol. The molecule has 23 heavy (non-hydrogen) atoms. The standard InChI is InChI=1S/C19H24N2O2/c1-14-12-17(15(2)23-14)19(22)20-13-18(21-10-6-7-11-21)16-8-4-3-5-9-16/h3-5,8-9,12,18H,6-7,10-11,13H2,1-2H3,(H,20,22). The van der Waals surface area contributed by atoms with Crippen molar-refractivity contribution < 1.29 is 9.21 Å². The Morgan fingerprint density at radius 3 is 2.52 bits per heavy atom. The second kappa shape index (κ2) is 7.01. The van der Waals surface area contributed by atoms with Crippen LogP contribution in [0.1, 0.15) is 46.3 Å². The normalized spacial score (nSPS) is 16.4. The van der Waals surface area contributed by atoms with Gasteiger partial charge in [0.15, 0.2) is 0 Å². The number of nitrogens with one attached hydrogen (secondary N) is 1. The van der Waals surface area contributed by atoms with Gasteiger partial charge in [-0.1, -0.05) is 30.3 Å². The van der Waals surface area contributed by atoms with E-state index >= 15 is 0 Å². The second-order valence-corrected chi connectivity index (χ2v) is 6.21. The highest BCUT2D eigenvalue weighted by atomic mass is 16.3. The number of carbonyl (C=O) groups is 1. The molecule has 4 heteroatoms. The van der Waals surface area contributed by atoms with E-state index in [1.807, 2.05) is 19.9 Å². The summed E-state index contributed by atoms with van der Waals surface area (Å²) >= 11 is 0. The lowest BCUT2D eigenvalue weighted by atomic mass is 10.1. The van der Waals surface area contributed by atoms with Gasteiger partial charge in [0.05, 0.1) is 11.6 Å². The third-order valence-corrected chi connectivity index (χ3v) is 4.51. The van der Waals surface area contributed by atoms with Crippen LogP contribution in [-0.4, -0.2) is 30.4 Å². The maximum Gasteiger partial charge on any atom is 0.254 e. The van der Waals surface area contributed by atoms with Crippen LogP contribution in [0.4, 0.5) is 0 Å². The molecule has 1 fully saturated rings. The van der Waals surface area contributed by atoms with E-state index in [0.29, 0.717) is 17.9 Å². The first-order valence-corrected chi connectivity index (χ1v) is 8.29. The van der Waals surface area contributed by atoms with Crippen molar-refractivity contribution in [3.05, 3.63) is 59.0 Å². The summed E-state index contributed by atoms with van der Waals surface area (Å²) in [6, 6.07) is 12.5. The van der Waals surface area contributed by atoms with Crippen molar-refractivity contribution in [3.8, 4) is 0 Å². The molecule has 0 saturated carbocycles. The van der Waals surface area contributed by atoms with E-state index in [9.17, 15) is 4.79 Å². The minimum Gasteiger partial charge on any atom is -0.466 e. The molecule has 2 aromatic rings. The Kier molecular flexibility index (Phi) is 4.82. The zero-order chi connectivity index (χ0) is 16.2. The van der Waals surface area contributed by atoms with Gasteiger partial charge in [-0.3, -0.25) is 9.69 Å². The number of hydrogen-bond acceptors (Lipinski definition) is 3. The second-order valence-electron chi connectivity index (χ2n) is 6.21. The molecule has 0 aliphatic carbocycles. The molecule has 122 valence electrons. The van der Waals surface area contributed by atoms with E-state index in [1.165, 1.54) is 18.4 Å². The molecule has 1 saturated heterocycles. The Balaban J connectivity index is 1.71. The molecule has 1 N–H and O–H groups in total. The van der Waals surface area contributed by atoms with E-state index in [2.05, 4.69) is 34.5 Å². The highest BCUT2D eigenvalue weighted by Crippen LogP contribution is 2.24. The first kappa shape index (κ1) is 15.8. The van der Waals surface area contributed by atoms with Crippen LogP contribution in [-0.2, 0) is 0 Å². The van der Waals surface area contributed by atoms with Crippen LogP contribution in [0.3, 0.4) is 0 Å². The van der Waals surface area contributed by atoms with Gasteiger partial charge in [-0.05, 0) is 51.4 Å². The van der Waals surface area contributed by atoms with Gasteiger partial charge in [-0.15, -0.1) is 0 Å². The van der Waals surface area contributed by atoms with E-state index in [1.54, 1.807) is 6.07 Å². The molecule has 1 aliphatic heterocycles. The minimum atomic E-state index is -0.0560. The van der Waals surface area contributed by atoms with Crippen LogP contribution in [0.15, 0.2) is 40.8 Å². The summed E-state index contributed by atoms with van der Waals surface area (Å²) in [6.07, 6.45) is 2.47. The summed E-state index contributed by atoms with van der Waals surface area (Å²) in [4.78, 5) is 14.9. The number of benzene rings is 1. The largest absolute Gasteiger partial charge is 0.466 e. The van der Waals surface area contributed by atoms with E-state index in [4.69, 9.17) is 4.42 Å². The first-order valence-electron chi connectivity index (χ1n) is 8.29. The van der Waals surface area contributed by atoms with Crippen LogP contribution in [0, 0.1) is 13.8 Å². The van der Waals surface area contributed by atoms with Crippen molar-refractivity contribution in [2.45, 2.75) is 32.7 Å². The summed E-state index contributed by atoms with van der Waals surface area (Å²) in [7, 11) is 0. The summed E-state index contributed by atoms with van der Waals surface area (Å²) in [5.41, 5.74) is 1.89. The predicted molar refractivity (Wildman–Crippen MR) is 90.5 cm³/mol. The molecule has 1 aliphatic rings. The highest BCUT2D eigenvalue weighted by Gasteiger charge is 2.24. The zero-order valence-corrected chi connectivity index (χ0v) is 13.8. The number of amides is 1. The van der Waals surface area contributed by atoms with Gasteiger partial charge in [-0.2, -0.15) is 0 Å². The summed E-state index contributed by atoms with van der Waals surface area (Å²) < 4.78 is 5.46. The third-order valence-electron chi connectivity index (χ3n) is 4.51. The Labute approximate surface area is 137 Å². The lowest BCUT2D eigenvalue weighted by Crippen LogP contribution is -2.36. The zero-order valence-electron chi connectivity index (χ0n) is 13.8.